The SMILES string of the molecule is Cn1cc(S(N)(=O)=O)cc1C(=O)NC(CCO)C(=O)O. The molecule has 0 saturated heterocycles. The molecule has 1 aromatic heterocycles. The molecule has 112 valence electrons. The molecule has 9 nitrogen and oxygen atoms in total. The third-order valence-electron chi connectivity index (χ3n) is 2.56. The lowest BCUT2D eigenvalue weighted by molar-refractivity contribution is -0.139. The number of sulfonamides is 1. The number of amides is 1. The number of rotatable bonds is 6. The van der Waals surface area contributed by atoms with Crippen LogP contribution in [0.25, 0.3) is 0 Å². The minimum Gasteiger partial charge on any atom is -0.480 e. The number of hydrogen-bond donors (Lipinski definition) is 4. The van der Waals surface area contributed by atoms with Gasteiger partial charge in [-0.15, -0.1) is 0 Å². The summed E-state index contributed by atoms with van der Waals surface area (Å²) in [4.78, 5) is 22.5. The van der Waals surface area contributed by atoms with Crippen LogP contribution in [0.4, 0.5) is 0 Å². The number of carboxylic acid groups (broad SMARTS) is 1. The predicted octanol–water partition coefficient (Wildman–Crippen LogP) is -1.76. The number of nitrogens with two attached hydrogens (primary N) is 1. The van der Waals surface area contributed by atoms with Crippen LogP contribution in [0.2, 0.25) is 0 Å². The van der Waals surface area contributed by atoms with E-state index in [9.17, 15) is 18.0 Å². The average molecular weight is 305 g/mol. The number of aromatic nitrogens is 1. The van der Waals surface area contributed by atoms with E-state index in [4.69, 9.17) is 15.4 Å². The highest BCUT2D eigenvalue weighted by Crippen LogP contribution is 2.12. The first-order chi connectivity index (χ1) is 9.16. The molecule has 10 heteroatoms. The summed E-state index contributed by atoms with van der Waals surface area (Å²) in [6.07, 6.45) is 0.986. The first kappa shape index (κ1) is 16.1. The lowest BCUT2D eigenvalue weighted by Crippen LogP contribution is -2.41. The Morgan fingerprint density at radius 2 is 2.10 bits per heavy atom. The summed E-state index contributed by atoms with van der Waals surface area (Å²) in [5.74, 6) is -2.07. The summed E-state index contributed by atoms with van der Waals surface area (Å²) in [6, 6.07) is -0.219. The molecule has 5 N–H and O–H groups in total. The molecule has 0 aromatic carbocycles. The van der Waals surface area contributed by atoms with Gasteiger partial charge in [0.05, 0.1) is 0 Å². The van der Waals surface area contributed by atoms with E-state index in [2.05, 4.69) is 5.32 Å². The van der Waals surface area contributed by atoms with Crippen molar-refractivity contribution in [2.24, 2.45) is 12.2 Å². The molecule has 1 unspecified atom stereocenters. The molecule has 0 spiro atoms. The van der Waals surface area contributed by atoms with Crippen LogP contribution in [-0.4, -0.2) is 47.7 Å². The van der Waals surface area contributed by atoms with Crippen LogP contribution in [-0.2, 0) is 21.9 Å². The highest BCUT2D eigenvalue weighted by molar-refractivity contribution is 7.89. The number of aryl methyl sites for hydroxylation is 1. The minimum absolute atomic E-state index is 0.0572. The number of carboxylic acids is 1. The molecule has 1 aromatic rings. The van der Waals surface area contributed by atoms with E-state index < -0.39 is 34.5 Å². The Hall–Kier alpha value is -1.91. The van der Waals surface area contributed by atoms with E-state index in [0.717, 1.165) is 12.3 Å². The summed E-state index contributed by atoms with van der Waals surface area (Å²) >= 11 is 0. The molecule has 1 heterocycles. The molecule has 1 amide bonds. The number of aliphatic hydroxyl groups is 1. The molecule has 0 aliphatic heterocycles. The van der Waals surface area contributed by atoms with Crippen LogP contribution in [0.15, 0.2) is 17.2 Å². The van der Waals surface area contributed by atoms with Gasteiger partial charge < -0.3 is 20.1 Å². The molecule has 0 fully saturated rings. The third-order valence-corrected chi connectivity index (χ3v) is 3.44. The number of hydrogen-bond acceptors (Lipinski definition) is 5. The van der Waals surface area contributed by atoms with Gasteiger partial charge in [-0.3, -0.25) is 4.79 Å². The van der Waals surface area contributed by atoms with E-state index in [1.165, 1.54) is 11.6 Å². The minimum atomic E-state index is -3.95. The summed E-state index contributed by atoms with van der Waals surface area (Å²) in [6.45, 7) is -0.410. The molecule has 0 saturated carbocycles. The lowest BCUT2D eigenvalue weighted by atomic mass is 10.2. The van der Waals surface area contributed by atoms with E-state index >= 15 is 0 Å². The second-order valence-electron chi connectivity index (χ2n) is 4.09. The van der Waals surface area contributed by atoms with E-state index in [-0.39, 0.29) is 17.0 Å². The van der Waals surface area contributed by atoms with Crippen molar-refractivity contribution in [2.45, 2.75) is 17.4 Å². The van der Waals surface area contributed by atoms with Gasteiger partial charge >= 0.3 is 5.97 Å². The summed E-state index contributed by atoms with van der Waals surface area (Å²) in [5, 5.41) is 24.7. The Morgan fingerprint density at radius 3 is 2.50 bits per heavy atom. The highest BCUT2D eigenvalue weighted by Gasteiger charge is 2.23. The fourth-order valence-electron chi connectivity index (χ4n) is 1.53. The van der Waals surface area contributed by atoms with Crippen molar-refractivity contribution >= 4 is 21.9 Å². The zero-order chi connectivity index (χ0) is 15.5. The smallest absolute Gasteiger partial charge is 0.326 e. The first-order valence-corrected chi connectivity index (χ1v) is 7.05. The van der Waals surface area contributed by atoms with Crippen LogP contribution in [0.3, 0.4) is 0 Å². The van der Waals surface area contributed by atoms with Gasteiger partial charge in [-0.25, -0.2) is 18.4 Å². The molecule has 0 bridgehead atoms. The molecule has 1 atom stereocenters. The molecule has 20 heavy (non-hydrogen) atoms. The number of nitrogens with zero attached hydrogens (tertiary/aromatic N) is 1. The molecule has 0 aliphatic rings. The Kier molecular flexibility index (Phi) is 4.87. The molecular formula is C10H15N3O6S. The maximum absolute atomic E-state index is 11.9. The van der Waals surface area contributed by atoms with Crippen molar-refractivity contribution in [3.8, 4) is 0 Å². The van der Waals surface area contributed by atoms with Crippen LogP contribution < -0.4 is 10.5 Å². The zero-order valence-electron chi connectivity index (χ0n) is 10.6. The number of aliphatic hydroxyl groups excluding tert-OH is 1. The third kappa shape index (κ3) is 3.79. The lowest BCUT2D eigenvalue weighted by Gasteiger charge is -2.13. The van der Waals surface area contributed by atoms with Crippen molar-refractivity contribution in [2.75, 3.05) is 6.61 Å². The van der Waals surface area contributed by atoms with Gasteiger partial charge in [-0.1, -0.05) is 0 Å². The number of nitrogens with one attached hydrogen (secondary N) is 1. The van der Waals surface area contributed by atoms with Crippen molar-refractivity contribution in [3.05, 3.63) is 18.0 Å². The van der Waals surface area contributed by atoms with Gasteiger partial charge in [0.2, 0.25) is 10.0 Å². The maximum atomic E-state index is 11.9. The highest BCUT2D eigenvalue weighted by atomic mass is 32.2. The molecule has 0 aliphatic carbocycles. The average Bonchev–Trinajstić information content (AvgIpc) is 2.70. The van der Waals surface area contributed by atoms with Gasteiger partial charge in [0.25, 0.3) is 5.91 Å². The number of carbonyl (C=O) groups is 2. The second-order valence-corrected chi connectivity index (χ2v) is 5.65. The number of aliphatic carboxylic acids is 1. The van der Waals surface area contributed by atoms with Crippen molar-refractivity contribution in [1.82, 2.24) is 9.88 Å². The van der Waals surface area contributed by atoms with E-state index in [0.29, 0.717) is 0 Å². The summed E-state index contributed by atoms with van der Waals surface area (Å²) in [5.41, 5.74) is -0.0572. The van der Waals surface area contributed by atoms with Gasteiger partial charge in [-0.2, -0.15) is 0 Å². The van der Waals surface area contributed by atoms with Crippen LogP contribution in [0.1, 0.15) is 16.9 Å². The quantitative estimate of drug-likeness (QED) is 0.488. The van der Waals surface area contributed by atoms with Crippen molar-refractivity contribution in [1.29, 1.82) is 0 Å². The van der Waals surface area contributed by atoms with Gasteiger partial charge in [0.1, 0.15) is 16.6 Å². The van der Waals surface area contributed by atoms with Crippen molar-refractivity contribution in [3.63, 3.8) is 0 Å². The fourth-order valence-corrected chi connectivity index (χ4v) is 2.12. The topological polar surface area (TPSA) is 152 Å². The normalized spacial score (nSPS) is 12.9. The van der Waals surface area contributed by atoms with Crippen molar-refractivity contribution < 1.29 is 28.2 Å². The first-order valence-electron chi connectivity index (χ1n) is 5.50. The predicted molar refractivity (Wildman–Crippen MR) is 67.4 cm³/mol. The Labute approximate surface area is 115 Å². The number of primary sulfonamides is 1. The van der Waals surface area contributed by atoms with Gasteiger partial charge in [0.15, 0.2) is 0 Å². The molecule has 0 radical (unpaired) electrons. The monoisotopic (exact) mass is 305 g/mol. The molecular weight excluding hydrogens is 290 g/mol. The van der Waals surface area contributed by atoms with Crippen LogP contribution in [0, 0.1) is 0 Å². The fraction of sp³-hybridized carbons (Fsp3) is 0.400. The Balaban J connectivity index is 2.98. The second kappa shape index (κ2) is 6.03. The van der Waals surface area contributed by atoms with Gasteiger partial charge in [-0.05, 0) is 6.07 Å². The Bertz CT molecular complexity index is 621. The zero-order valence-corrected chi connectivity index (χ0v) is 11.4. The van der Waals surface area contributed by atoms with E-state index in [1.807, 2.05) is 0 Å². The maximum Gasteiger partial charge on any atom is 0.326 e. The van der Waals surface area contributed by atoms with Gasteiger partial charge in [0, 0.05) is 26.3 Å². The summed E-state index contributed by atoms with van der Waals surface area (Å²) < 4.78 is 23.5. The Morgan fingerprint density at radius 1 is 1.50 bits per heavy atom. The number of carbonyl (C=O) groups excluding carboxylic acids is 1. The van der Waals surface area contributed by atoms with Crippen LogP contribution >= 0.6 is 0 Å². The summed E-state index contributed by atoms with van der Waals surface area (Å²) in [7, 11) is -2.53. The standard InChI is InChI=1S/C10H15N3O6S/c1-13-5-6(20(11,18)19)4-8(13)9(15)12-7(2-3-14)10(16)17/h4-5,7,14H,2-3H2,1H3,(H,12,15)(H,16,17)(H2,11,18,19). The largest absolute Gasteiger partial charge is 0.480 e. The molecule has 1 rings (SSSR count). The van der Waals surface area contributed by atoms with Crippen LogP contribution in [0.5, 0.6) is 0 Å². The van der Waals surface area contributed by atoms with E-state index in [1.54, 1.807) is 0 Å².